The SMILES string of the molecule is O=C(O)CCCCCCC(C(=O)O)c1cccc(O)c1. The molecule has 1 atom stereocenters. The molecule has 5 nitrogen and oxygen atoms in total. The lowest BCUT2D eigenvalue weighted by Crippen LogP contribution is -2.11. The van der Waals surface area contributed by atoms with Gasteiger partial charge in [-0.2, -0.15) is 0 Å². The molecule has 0 amide bonds. The lowest BCUT2D eigenvalue weighted by atomic mass is 9.93. The van der Waals surface area contributed by atoms with Gasteiger partial charge in [0.15, 0.2) is 0 Å². The van der Waals surface area contributed by atoms with Gasteiger partial charge >= 0.3 is 11.9 Å². The molecule has 0 fully saturated rings. The Bertz CT molecular complexity index is 455. The predicted molar refractivity (Wildman–Crippen MR) is 73.8 cm³/mol. The molecule has 20 heavy (non-hydrogen) atoms. The Hall–Kier alpha value is -2.04. The maximum Gasteiger partial charge on any atom is 0.310 e. The number of unbranched alkanes of at least 4 members (excludes halogenated alkanes) is 3. The molecule has 0 aliphatic heterocycles. The van der Waals surface area contributed by atoms with Gasteiger partial charge in [-0.15, -0.1) is 0 Å². The van der Waals surface area contributed by atoms with Gasteiger partial charge in [-0.25, -0.2) is 0 Å². The number of rotatable bonds is 9. The van der Waals surface area contributed by atoms with E-state index in [2.05, 4.69) is 0 Å². The zero-order valence-electron chi connectivity index (χ0n) is 11.3. The molecule has 0 saturated carbocycles. The Morgan fingerprint density at radius 2 is 1.75 bits per heavy atom. The molecule has 0 spiro atoms. The highest BCUT2D eigenvalue weighted by molar-refractivity contribution is 5.76. The second-order valence-electron chi connectivity index (χ2n) is 4.83. The molecule has 0 aromatic heterocycles. The van der Waals surface area contributed by atoms with Crippen LogP contribution in [0.15, 0.2) is 24.3 Å². The molecule has 110 valence electrons. The van der Waals surface area contributed by atoms with Crippen LogP contribution < -0.4 is 0 Å². The van der Waals surface area contributed by atoms with Crippen LogP contribution in [0.4, 0.5) is 0 Å². The minimum Gasteiger partial charge on any atom is -0.508 e. The van der Waals surface area contributed by atoms with Crippen LogP contribution in [0, 0.1) is 0 Å². The van der Waals surface area contributed by atoms with Crippen molar-refractivity contribution in [3.63, 3.8) is 0 Å². The van der Waals surface area contributed by atoms with Crippen molar-refractivity contribution in [2.45, 2.75) is 44.4 Å². The summed E-state index contributed by atoms with van der Waals surface area (Å²) < 4.78 is 0. The molecule has 0 aliphatic carbocycles. The van der Waals surface area contributed by atoms with E-state index in [9.17, 15) is 19.8 Å². The van der Waals surface area contributed by atoms with Gasteiger partial charge in [0, 0.05) is 6.42 Å². The Labute approximate surface area is 117 Å². The van der Waals surface area contributed by atoms with E-state index in [4.69, 9.17) is 5.11 Å². The fourth-order valence-electron chi connectivity index (χ4n) is 2.15. The highest BCUT2D eigenvalue weighted by Crippen LogP contribution is 2.25. The van der Waals surface area contributed by atoms with E-state index in [1.54, 1.807) is 12.1 Å². The van der Waals surface area contributed by atoms with E-state index in [1.165, 1.54) is 12.1 Å². The van der Waals surface area contributed by atoms with Crippen molar-refractivity contribution in [2.75, 3.05) is 0 Å². The predicted octanol–water partition coefficient (Wildman–Crippen LogP) is 2.99. The monoisotopic (exact) mass is 280 g/mol. The molecule has 3 N–H and O–H groups in total. The van der Waals surface area contributed by atoms with Gasteiger partial charge in [0.05, 0.1) is 5.92 Å². The van der Waals surface area contributed by atoms with E-state index in [0.717, 1.165) is 19.3 Å². The van der Waals surface area contributed by atoms with Crippen LogP contribution in [0.2, 0.25) is 0 Å². The summed E-state index contributed by atoms with van der Waals surface area (Å²) in [7, 11) is 0. The number of hydrogen-bond acceptors (Lipinski definition) is 3. The lowest BCUT2D eigenvalue weighted by Gasteiger charge is -2.12. The van der Waals surface area contributed by atoms with Crippen molar-refractivity contribution < 1.29 is 24.9 Å². The molecule has 5 heteroatoms. The zero-order chi connectivity index (χ0) is 15.0. The summed E-state index contributed by atoms with van der Waals surface area (Å²) in [6.45, 7) is 0. The van der Waals surface area contributed by atoms with Gasteiger partial charge in [0.2, 0.25) is 0 Å². The number of carbonyl (C=O) groups is 2. The van der Waals surface area contributed by atoms with Gasteiger partial charge in [0.1, 0.15) is 5.75 Å². The smallest absolute Gasteiger partial charge is 0.310 e. The minimum absolute atomic E-state index is 0.0650. The van der Waals surface area contributed by atoms with Crippen molar-refractivity contribution in [1.29, 1.82) is 0 Å². The molecule has 0 bridgehead atoms. The first-order chi connectivity index (χ1) is 9.50. The Morgan fingerprint density at radius 3 is 2.35 bits per heavy atom. The molecule has 0 aliphatic rings. The topological polar surface area (TPSA) is 94.8 Å². The fourth-order valence-corrected chi connectivity index (χ4v) is 2.15. The summed E-state index contributed by atoms with van der Waals surface area (Å²) in [4.78, 5) is 21.6. The van der Waals surface area contributed by atoms with Crippen LogP contribution in [0.3, 0.4) is 0 Å². The Morgan fingerprint density at radius 1 is 1.05 bits per heavy atom. The third-order valence-electron chi connectivity index (χ3n) is 3.20. The van der Waals surface area contributed by atoms with Crippen LogP contribution >= 0.6 is 0 Å². The normalized spacial score (nSPS) is 12.0. The number of phenols is 1. The standard InChI is InChI=1S/C15H20O5/c16-12-7-5-6-11(10-12)13(15(19)20)8-3-1-2-4-9-14(17)18/h5-7,10,13,16H,1-4,8-9H2,(H,17,18)(H,19,20). The second-order valence-corrected chi connectivity index (χ2v) is 4.83. The van der Waals surface area contributed by atoms with Crippen LogP contribution in [0.1, 0.15) is 50.0 Å². The summed E-state index contributed by atoms with van der Waals surface area (Å²) in [5.41, 5.74) is 0.600. The zero-order valence-corrected chi connectivity index (χ0v) is 11.3. The minimum atomic E-state index is -0.902. The third-order valence-corrected chi connectivity index (χ3v) is 3.20. The maximum atomic E-state index is 11.3. The molecular weight excluding hydrogens is 260 g/mol. The lowest BCUT2D eigenvalue weighted by molar-refractivity contribution is -0.139. The molecule has 1 aromatic carbocycles. The molecule has 1 aromatic rings. The van der Waals surface area contributed by atoms with Gasteiger partial charge in [-0.1, -0.05) is 31.4 Å². The van der Waals surface area contributed by atoms with Crippen LogP contribution in [-0.4, -0.2) is 27.3 Å². The summed E-state index contributed by atoms with van der Waals surface area (Å²) in [6, 6.07) is 6.31. The number of carboxylic acid groups (broad SMARTS) is 2. The van der Waals surface area contributed by atoms with Gasteiger partial charge in [-0.05, 0) is 30.5 Å². The third kappa shape index (κ3) is 5.73. The average Bonchev–Trinajstić information content (AvgIpc) is 2.37. The molecule has 0 heterocycles. The van der Waals surface area contributed by atoms with Crippen molar-refractivity contribution in [2.24, 2.45) is 0 Å². The van der Waals surface area contributed by atoms with Crippen molar-refractivity contribution in [1.82, 2.24) is 0 Å². The fraction of sp³-hybridized carbons (Fsp3) is 0.467. The van der Waals surface area contributed by atoms with Crippen LogP contribution in [0.5, 0.6) is 5.75 Å². The molecule has 1 unspecified atom stereocenters. The Balaban J connectivity index is 2.41. The van der Waals surface area contributed by atoms with Crippen molar-refractivity contribution in [3.8, 4) is 5.75 Å². The molecule has 0 radical (unpaired) electrons. The van der Waals surface area contributed by atoms with Crippen LogP contribution in [0.25, 0.3) is 0 Å². The number of hydrogen-bond donors (Lipinski definition) is 3. The van der Waals surface area contributed by atoms with E-state index in [1.807, 2.05) is 0 Å². The highest BCUT2D eigenvalue weighted by Gasteiger charge is 2.19. The first kappa shape index (κ1) is 16.0. The highest BCUT2D eigenvalue weighted by atomic mass is 16.4. The number of aliphatic carboxylic acids is 2. The van der Waals surface area contributed by atoms with Crippen LogP contribution in [-0.2, 0) is 9.59 Å². The van der Waals surface area contributed by atoms with Gasteiger partial charge in [0.25, 0.3) is 0 Å². The Kier molecular flexibility index (Phi) is 6.56. The molecular formula is C15H20O5. The van der Waals surface area contributed by atoms with Crippen molar-refractivity contribution >= 4 is 11.9 Å². The molecule has 0 saturated heterocycles. The average molecular weight is 280 g/mol. The summed E-state index contributed by atoms with van der Waals surface area (Å²) in [5, 5.41) is 27.1. The number of carboxylic acids is 2. The first-order valence-corrected chi connectivity index (χ1v) is 6.74. The van der Waals surface area contributed by atoms with Crippen molar-refractivity contribution in [3.05, 3.63) is 29.8 Å². The number of phenolic OH excluding ortho intramolecular Hbond substituents is 1. The van der Waals surface area contributed by atoms with E-state index >= 15 is 0 Å². The van der Waals surface area contributed by atoms with E-state index in [0.29, 0.717) is 18.4 Å². The van der Waals surface area contributed by atoms with Gasteiger partial charge < -0.3 is 15.3 Å². The maximum absolute atomic E-state index is 11.3. The number of benzene rings is 1. The van der Waals surface area contributed by atoms with Gasteiger partial charge in [-0.3, -0.25) is 9.59 Å². The number of aromatic hydroxyl groups is 1. The quantitative estimate of drug-likeness (QED) is 0.604. The second kappa shape index (κ2) is 8.19. The largest absolute Gasteiger partial charge is 0.508 e. The molecule has 1 rings (SSSR count). The summed E-state index contributed by atoms with van der Waals surface area (Å²) in [5.74, 6) is -2.26. The van der Waals surface area contributed by atoms with E-state index < -0.39 is 17.9 Å². The van der Waals surface area contributed by atoms with E-state index in [-0.39, 0.29) is 12.2 Å². The summed E-state index contributed by atoms with van der Waals surface area (Å²) in [6.07, 6.45) is 3.61. The summed E-state index contributed by atoms with van der Waals surface area (Å²) >= 11 is 0. The first-order valence-electron chi connectivity index (χ1n) is 6.74.